The average molecular weight is 448 g/mol. The van der Waals surface area contributed by atoms with Gasteiger partial charge in [0.1, 0.15) is 11.6 Å². The number of nitrogens with zero attached hydrogens (tertiary/aromatic N) is 2. The van der Waals surface area contributed by atoms with E-state index in [1.54, 1.807) is 12.1 Å². The van der Waals surface area contributed by atoms with Crippen molar-refractivity contribution in [2.45, 2.75) is 42.9 Å². The number of halogens is 2. The fourth-order valence-electron chi connectivity index (χ4n) is 4.24. The smallest absolute Gasteiger partial charge is 0.230 e. The number of hydrogen-bond acceptors (Lipinski definition) is 4. The molecular weight excluding hydrogens is 426 g/mol. The van der Waals surface area contributed by atoms with Crippen molar-refractivity contribution in [3.63, 3.8) is 0 Å². The molecule has 4 rings (SSSR count). The van der Waals surface area contributed by atoms with Crippen LogP contribution in [0.3, 0.4) is 0 Å². The van der Waals surface area contributed by atoms with Crippen LogP contribution < -0.4 is 10.6 Å². The van der Waals surface area contributed by atoms with Crippen molar-refractivity contribution < 1.29 is 18.4 Å². The van der Waals surface area contributed by atoms with Crippen LogP contribution in [0.25, 0.3) is 0 Å². The second kappa shape index (κ2) is 8.63. The molecule has 2 fully saturated rings. The summed E-state index contributed by atoms with van der Waals surface area (Å²) < 4.78 is 27.6. The van der Waals surface area contributed by atoms with Gasteiger partial charge in [-0.25, -0.2) is 8.78 Å². The fourth-order valence-corrected chi connectivity index (χ4v) is 4.24. The van der Waals surface area contributed by atoms with Crippen LogP contribution in [0.5, 0.6) is 0 Å². The molecule has 0 heterocycles. The number of rotatable bonds is 8. The molecule has 2 amide bonds. The Balaban J connectivity index is 1.28. The first-order chi connectivity index (χ1) is 15.8. The van der Waals surface area contributed by atoms with E-state index in [-0.39, 0.29) is 22.9 Å². The van der Waals surface area contributed by atoms with E-state index in [0.29, 0.717) is 56.3 Å². The van der Waals surface area contributed by atoms with Gasteiger partial charge in [-0.2, -0.15) is 10.5 Å². The van der Waals surface area contributed by atoms with Crippen LogP contribution in [-0.4, -0.2) is 24.9 Å². The number of amides is 2. The Bertz CT molecular complexity index is 1110. The first-order valence-corrected chi connectivity index (χ1v) is 10.8. The molecule has 168 valence electrons. The van der Waals surface area contributed by atoms with E-state index < -0.39 is 22.5 Å². The molecule has 0 aromatic heterocycles. The summed E-state index contributed by atoms with van der Waals surface area (Å²) in [7, 11) is 0. The molecule has 0 aliphatic heterocycles. The summed E-state index contributed by atoms with van der Waals surface area (Å²) >= 11 is 0. The number of carbonyl (C=O) groups excluding carboxylic acids is 2. The minimum atomic E-state index is -0.801. The minimum Gasteiger partial charge on any atom is -0.355 e. The predicted molar refractivity (Wildman–Crippen MR) is 115 cm³/mol. The maximum absolute atomic E-state index is 13.8. The summed E-state index contributed by atoms with van der Waals surface area (Å²) in [6.07, 6.45) is 2.84. The van der Waals surface area contributed by atoms with Crippen molar-refractivity contribution in [1.29, 1.82) is 10.5 Å². The lowest BCUT2D eigenvalue weighted by Crippen LogP contribution is -2.38. The normalized spacial score (nSPS) is 16.7. The van der Waals surface area contributed by atoms with Gasteiger partial charge in [0.25, 0.3) is 0 Å². The highest BCUT2D eigenvalue weighted by Gasteiger charge is 2.52. The molecule has 2 aliphatic carbocycles. The Morgan fingerprint density at radius 1 is 0.758 bits per heavy atom. The van der Waals surface area contributed by atoms with Gasteiger partial charge in [-0.1, -0.05) is 0 Å². The van der Waals surface area contributed by atoms with Gasteiger partial charge in [0.2, 0.25) is 11.8 Å². The summed E-state index contributed by atoms with van der Waals surface area (Å²) in [4.78, 5) is 25.4. The molecule has 0 saturated heterocycles. The average Bonchev–Trinajstić information content (AvgIpc) is 3.71. The summed E-state index contributed by atoms with van der Waals surface area (Å²) in [6.45, 7) is 0.652. The standard InChI is InChI=1S/C25H22F2N4O2/c26-20-10-16(14-28)8-18(12-20)24(2-3-24)22(32)30-6-1-7-31-23(33)25(4-5-25)19-9-17(15-29)11-21(27)13-19/h8-13H,1-7H2,(H,30,32)(H,31,33). The van der Waals surface area contributed by atoms with Gasteiger partial charge in [-0.15, -0.1) is 0 Å². The highest BCUT2D eigenvalue weighted by atomic mass is 19.1. The van der Waals surface area contributed by atoms with Gasteiger partial charge < -0.3 is 10.6 Å². The van der Waals surface area contributed by atoms with Crippen molar-refractivity contribution >= 4 is 11.8 Å². The Labute approximate surface area is 190 Å². The Morgan fingerprint density at radius 3 is 1.48 bits per heavy atom. The summed E-state index contributed by atoms with van der Waals surface area (Å²) in [6, 6.07) is 11.8. The van der Waals surface area contributed by atoms with Crippen LogP contribution in [-0.2, 0) is 20.4 Å². The van der Waals surface area contributed by atoms with Gasteiger partial charge in [-0.05, 0) is 79.6 Å². The predicted octanol–water partition coefficient (Wildman–Crippen LogP) is 3.09. The lowest BCUT2D eigenvalue weighted by Gasteiger charge is -2.18. The molecule has 2 aliphatic rings. The van der Waals surface area contributed by atoms with Crippen molar-refractivity contribution in [2.24, 2.45) is 0 Å². The number of benzene rings is 2. The summed E-state index contributed by atoms with van der Waals surface area (Å²) in [5, 5.41) is 23.8. The van der Waals surface area contributed by atoms with Crippen molar-refractivity contribution in [3.8, 4) is 12.1 Å². The Morgan fingerprint density at radius 2 is 1.15 bits per heavy atom. The molecule has 0 spiro atoms. The third kappa shape index (κ3) is 4.42. The van der Waals surface area contributed by atoms with Crippen LogP contribution >= 0.6 is 0 Å². The molecule has 0 atom stereocenters. The molecular formula is C25H22F2N4O2. The number of carbonyl (C=O) groups is 2. The van der Waals surface area contributed by atoms with E-state index in [0.717, 1.165) is 12.1 Å². The van der Waals surface area contributed by atoms with E-state index in [9.17, 15) is 18.4 Å². The van der Waals surface area contributed by atoms with Gasteiger partial charge in [0.05, 0.1) is 34.1 Å². The van der Waals surface area contributed by atoms with Crippen LogP contribution in [0.4, 0.5) is 8.78 Å². The quantitative estimate of drug-likeness (QED) is 0.606. The number of nitrogens with one attached hydrogen (secondary N) is 2. The van der Waals surface area contributed by atoms with Crippen LogP contribution in [0.15, 0.2) is 36.4 Å². The van der Waals surface area contributed by atoms with Crippen LogP contribution in [0, 0.1) is 34.3 Å². The van der Waals surface area contributed by atoms with E-state index in [1.165, 1.54) is 12.1 Å². The van der Waals surface area contributed by atoms with Gasteiger partial charge in [0.15, 0.2) is 0 Å². The molecule has 2 N–H and O–H groups in total. The van der Waals surface area contributed by atoms with E-state index in [2.05, 4.69) is 10.6 Å². The lowest BCUT2D eigenvalue weighted by atomic mass is 9.93. The minimum absolute atomic E-state index is 0.181. The van der Waals surface area contributed by atoms with E-state index in [1.807, 2.05) is 12.1 Å². The molecule has 0 radical (unpaired) electrons. The van der Waals surface area contributed by atoms with Crippen molar-refractivity contribution in [3.05, 3.63) is 70.3 Å². The second-order valence-corrected chi connectivity index (χ2v) is 8.71. The lowest BCUT2D eigenvalue weighted by molar-refractivity contribution is -0.123. The molecule has 2 saturated carbocycles. The highest BCUT2D eigenvalue weighted by molar-refractivity contribution is 5.92. The largest absolute Gasteiger partial charge is 0.355 e. The van der Waals surface area contributed by atoms with Gasteiger partial charge in [0, 0.05) is 13.1 Å². The first kappa shape index (κ1) is 22.4. The van der Waals surface area contributed by atoms with Crippen LogP contribution in [0.1, 0.15) is 54.4 Å². The molecule has 2 aromatic carbocycles. The summed E-state index contributed by atoms with van der Waals surface area (Å²) in [5.41, 5.74) is -0.225. The van der Waals surface area contributed by atoms with E-state index >= 15 is 0 Å². The number of nitriles is 2. The Hall–Kier alpha value is -3.78. The molecule has 0 unspecified atom stereocenters. The molecule has 8 heteroatoms. The maximum Gasteiger partial charge on any atom is 0.230 e. The zero-order chi connectivity index (χ0) is 23.6. The SMILES string of the molecule is N#Cc1cc(F)cc(C2(C(=O)NCCCNC(=O)C3(c4cc(F)cc(C#N)c4)CC3)CC2)c1. The molecule has 33 heavy (non-hydrogen) atoms. The second-order valence-electron chi connectivity index (χ2n) is 8.71. The molecule has 2 aromatic rings. The monoisotopic (exact) mass is 448 g/mol. The van der Waals surface area contributed by atoms with Crippen molar-refractivity contribution in [1.82, 2.24) is 10.6 Å². The molecule has 0 bridgehead atoms. The molecule has 6 nitrogen and oxygen atoms in total. The third-order valence-electron chi connectivity index (χ3n) is 6.45. The van der Waals surface area contributed by atoms with E-state index in [4.69, 9.17) is 10.5 Å². The van der Waals surface area contributed by atoms with Gasteiger partial charge >= 0.3 is 0 Å². The van der Waals surface area contributed by atoms with Crippen molar-refractivity contribution in [2.75, 3.05) is 13.1 Å². The summed E-state index contributed by atoms with van der Waals surface area (Å²) in [5.74, 6) is -1.52. The number of hydrogen-bond donors (Lipinski definition) is 2. The topological polar surface area (TPSA) is 106 Å². The maximum atomic E-state index is 13.8. The third-order valence-corrected chi connectivity index (χ3v) is 6.45. The Kier molecular flexibility index (Phi) is 5.86. The fraction of sp³-hybridized carbons (Fsp3) is 0.360. The first-order valence-electron chi connectivity index (χ1n) is 10.8. The zero-order valence-electron chi connectivity index (χ0n) is 17.9. The van der Waals surface area contributed by atoms with Crippen LogP contribution in [0.2, 0.25) is 0 Å². The van der Waals surface area contributed by atoms with Gasteiger partial charge in [-0.3, -0.25) is 9.59 Å². The zero-order valence-corrected chi connectivity index (χ0v) is 17.9. The highest BCUT2D eigenvalue weighted by Crippen LogP contribution is 2.49.